The van der Waals surface area contributed by atoms with Crippen LogP contribution in [0.4, 0.5) is 5.69 Å². The molecule has 156 valence electrons. The molecular formula is C20H16ClNO6S2. The zero-order valence-corrected chi connectivity index (χ0v) is 18.0. The number of halogens is 1. The van der Waals surface area contributed by atoms with Crippen LogP contribution in [0.5, 0.6) is 0 Å². The first-order chi connectivity index (χ1) is 14.2. The lowest BCUT2D eigenvalue weighted by atomic mass is 10.2. The maximum Gasteiger partial charge on any atom is 0.340 e. The van der Waals surface area contributed by atoms with Crippen molar-refractivity contribution in [2.75, 3.05) is 10.8 Å². The number of nitrogens with zero attached hydrogens (tertiary/aromatic N) is 1. The van der Waals surface area contributed by atoms with Crippen molar-refractivity contribution in [3.63, 3.8) is 0 Å². The van der Waals surface area contributed by atoms with Crippen molar-refractivity contribution in [2.45, 2.75) is 9.79 Å². The van der Waals surface area contributed by atoms with Gasteiger partial charge in [-0.1, -0.05) is 48.0 Å². The molecule has 0 amide bonds. The van der Waals surface area contributed by atoms with Crippen molar-refractivity contribution in [3.8, 4) is 0 Å². The molecule has 0 saturated carbocycles. The predicted octanol–water partition coefficient (Wildman–Crippen LogP) is 3.71. The molecule has 0 heterocycles. The molecule has 0 spiro atoms. The second kappa shape index (κ2) is 8.47. The lowest BCUT2D eigenvalue weighted by molar-refractivity contribution is 0.0602. The van der Waals surface area contributed by atoms with Crippen molar-refractivity contribution >= 4 is 43.3 Å². The molecule has 0 radical (unpaired) electrons. The summed E-state index contributed by atoms with van der Waals surface area (Å²) in [6, 6.07) is 17.7. The Morgan fingerprint density at radius 3 is 1.70 bits per heavy atom. The topological polar surface area (TPSA) is 97.8 Å². The van der Waals surface area contributed by atoms with Gasteiger partial charge in [-0.3, -0.25) is 0 Å². The molecule has 0 saturated heterocycles. The highest BCUT2D eigenvalue weighted by Crippen LogP contribution is 2.35. The summed E-state index contributed by atoms with van der Waals surface area (Å²) >= 11 is 6.03. The molecule has 7 nitrogen and oxygen atoms in total. The van der Waals surface area contributed by atoms with Crippen LogP contribution in [0.15, 0.2) is 88.7 Å². The molecule has 3 aromatic carbocycles. The van der Waals surface area contributed by atoms with Crippen LogP contribution in [0.2, 0.25) is 5.02 Å². The highest BCUT2D eigenvalue weighted by molar-refractivity contribution is 8.10. The number of esters is 1. The third kappa shape index (κ3) is 4.04. The predicted molar refractivity (Wildman–Crippen MR) is 113 cm³/mol. The van der Waals surface area contributed by atoms with Gasteiger partial charge in [0.05, 0.1) is 28.2 Å². The summed E-state index contributed by atoms with van der Waals surface area (Å²) in [5, 5.41) is 0.0363. The maximum absolute atomic E-state index is 13.5. The lowest BCUT2D eigenvalue weighted by Crippen LogP contribution is -2.38. The number of hydrogen-bond acceptors (Lipinski definition) is 6. The number of anilines is 1. The van der Waals surface area contributed by atoms with Crippen LogP contribution >= 0.6 is 11.6 Å². The fraction of sp³-hybridized carbons (Fsp3) is 0.0500. The Balaban J connectivity index is 2.39. The maximum atomic E-state index is 13.5. The van der Waals surface area contributed by atoms with Gasteiger partial charge in [-0.15, -0.1) is 0 Å². The molecule has 10 heteroatoms. The van der Waals surface area contributed by atoms with E-state index in [2.05, 4.69) is 0 Å². The average Bonchev–Trinajstić information content (AvgIpc) is 2.74. The first-order valence-electron chi connectivity index (χ1n) is 8.48. The van der Waals surface area contributed by atoms with Gasteiger partial charge >= 0.3 is 5.97 Å². The van der Waals surface area contributed by atoms with Crippen molar-refractivity contribution in [3.05, 3.63) is 89.4 Å². The van der Waals surface area contributed by atoms with E-state index in [0.717, 1.165) is 13.2 Å². The minimum absolute atomic E-state index is 0.0363. The van der Waals surface area contributed by atoms with Crippen LogP contribution in [0.25, 0.3) is 0 Å². The molecule has 0 aliphatic heterocycles. The second-order valence-corrected chi connectivity index (χ2v) is 10.2. The zero-order chi connectivity index (χ0) is 21.9. The molecule has 0 unspecified atom stereocenters. The molecule has 3 rings (SSSR count). The van der Waals surface area contributed by atoms with E-state index in [9.17, 15) is 21.6 Å². The fourth-order valence-electron chi connectivity index (χ4n) is 2.70. The van der Waals surface area contributed by atoms with E-state index in [0.29, 0.717) is 0 Å². The van der Waals surface area contributed by atoms with Crippen LogP contribution in [0.1, 0.15) is 10.4 Å². The molecule has 0 fully saturated rings. The van der Waals surface area contributed by atoms with Gasteiger partial charge in [0.25, 0.3) is 20.0 Å². The molecular weight excluding hydrogens is 450 g/mol. The summed E-state index contributed by atoms with van der Waals surface area (Å²) in [6.07, 6.45) is 0. The molecule has 0 atom stereocenters. The summed E-state index contributed by atoms with van der Waals surface area (Å²) in [4.78, 5) is 11.7. The first kappa shape index (κ1) is 21.8. The number of methoxy groups -OCH3 is 1. The number of ether oxygens (including phenoxy) is 1. The van der Waals surface area contributed by atoms with Gasteiger partial charge in [0.1, 0.15) is 0 Å². The Hall–Kier alpha value is -2.88. The fourth-order valence-corrected chi connectivity index (χ4v) is 6.62. The van der Waals surface area contributed by atoms with E-state index in [1.165, 1.54) is 60.7 Å². The second-order valence-electron chi connectivity index (χ2n) is 5.99. The molecule has 0 bridgehead atoms. The quantitative estimate of drug-likeness (QED) is 0.515. The van der Waals surface area contributed by atoms with Gasteiger partial charge < -0.3 is 4.74 Å². The zero-order valence-electron chi connectivity index (χ0n) is 15.6. The van der Waals surface area contributed by atoms with Crippen molar-refractivity contribution in [2.24, 2.45) is 0 Å². The standard InChI is InChI=1S/C20H16ClNO6S2/c1-28-20(23)18-13-12-15(21)14-19(18)22(29(24,25)16-8-4-2-5-9-16)30(26,27)17-10-6-3-7-11-17/h2-14H,1H3. The van der Waals surface area contributed by atoms with Crippen LogP contribution < -0.4 is 3.71 Å². The Morgan fingerprint density at radius 1 is 0.800 bits per heavy atom. The number of carbonyl (C=O) groups excluding carboxylic acids is 1. The summed E-state index contributed by atoms with van der Waals surface area (Å²) in [5.41, 5.74) is -0.719. The number of sulfonamides is 2. The molecule has 3 aromatic rings. The molecule has 30 heavy (non-hydrogen) atoms. The number of benzene rings is 3. The third-order valence-corrected chi connectivity index (χ3v) is 8.50. The Bertz CT molecular complexity index is 1210. The largest absolute Gasteiger partial charge is 0.465 e. The summed E-state index contributed by atoms with van der Waals surface area (Å²) in [6.45, 7) is 0. The highest BCUT2D eigenvalue weighted by atomic mass is 35.5. The van der Waals surface area contributed by atoms with Crippen LogP contribution in [0.3, 0.4) is 0 Å². The SMILES string of the molecule is COC(=O)c1ccc(Cl)cc1N(S(=O)(=O)c1ccccc1)S(=O)(=O)c1ccccc1. The van der Waals surface area contributed by atoms with Crippen LogP contribution in [-0.2, 0) is 24.8 Å². The minimum atomic E-state index is -4.66. The highest BCUT2D eigenvalue weighted by Gasteiger charge is 2.39. The average molecular weight is 466 g/mol. The minimum Gasteiger partial charge on any atom is -0.465 e. The van der Waals surface area contributed by atoms with E-state index in [1.54, 1.807) is 12.1 Å². The van der Waals surface area contributed by atoms with E-state index in [4.69, 9.17) is 16.3 Å². The molecule has 0 aliphatic rings. The molecule has 0 aliphatic carbocycles. The van der Waals surface area contributed by atoms with Gasteiger partial charge in [0.2, 0.25) is 0 Å². The molecule has 0 aromatic heterocycles. The van der Waals surface area contributed by atoms with Crippen molar-refractivity contribution < 1.29 is 26.4 Å². The van der Waals surface area contributed by atoms with E-state index >= 15 is 0 Å². The van der Waals surface area contributed by atoms with Gasteiger partial charge in [0.15, 0.2) is 0 Å². The van der Waals surface area contributed by atoms with Gasteiger partial charge in [0, 0.05) is 5.02 Å². The van der Waals surface area contributed by atoms with Crippen LogP contribution in [0, 0.1) is 0 Å². The number of rotatable bonds is 6. The van der Waals surface area contributed by atoms with Crippen LogP contribution in [-0.4, -0.2) is 29.9 Å². The van der Waals surface area contributed by atoms with Gasteiger partial charge in [-0.2, -0.15) is 3.71 Å². The van der Waals surface area contributed by atoms with E-state index in [1.807, 2.05) is 0 Å². The number of hydrogen-bond donors (Lipinski definition) is 0. The normalized spacial score (nSPS) is 11.7. The van der Waals surface area contributed by atoms with Crippen molar-refractivity contribution in [1.82, 2.24) is 0 Å². The Morgan fingerprint density at radius 2 is 1.27 bits per heavy atom. The lowest BCUT2D eigenvalue weighted by Gasteiger charge is -2.25. The summed E-state index contributed by atoms with van der Waals surface area (Å²) < 4.78 is 58.8. The Kier molecular flexibility index (Phi) is 6.16. The van der Waals surface area contributed by atoms with Crippen molar-refractivity contribution in [1.29, 1.82) is 0 Å². The van der Waals surface area contributed by atoms with E-state index < -0.39 is 31.7 Å². The third-order valence-electron chi connectivity index (χ3n) is 4.08. The van der Waals surface area contributed by atoms with Gasteiger partial charge in [-0.25, -0.2) is 21.6 Å². The molecule has 0 N–H and O–H groups in total. The monoisotopic (exact) mass is 465 g/mol. The Labute approximate surface area is 179 Å². The van der Waals surface area contributed by atoms with Gasteiger partial charge in [-0.05, 0) is 42.5 Å². The van der Waals surface area contributed by atoms with E-state index in [-0.39, 0.29) is 24.1 Å². The first-order valence-corrected chi connectivity index (χ1v) is 11.7. The smallest absolute Gasteiger partial charge is 0.340 e. The summed E-state index contributed by atoms with van der Waals surface area (Å²) in [5.74, 6) is -0.918. The number of carbonyl (C=O) groups is 1. The summed E-state index contributed by atoms with van der Waals surface area (Å²) in [7, 11) is -8.22.